The molecule has 0 unspecified atom stereocenters. The summed E-state index contributed by atoms with van der Waals surface area (Å²) in [6, 6.07) is 11.2. The lowest BCUT2D eigenvalue weighted by atomic mass is 10.0. The van der Waals surface area contributed by atoms with E-state index in [-0.39, 0.29) is 11.8 Å². The molecule has 1 aliphatic rings. The molecule has 3 N–H and O–H groups in total. The van der Waals surface area contributed by atoms with Gasteiger partial charge < -0.3 is 20.9 Å². The molecule has 0 atom stereocenters. The summed E-state index contributed by atoms with van der Waals surface area (Å²) in [5, 5.41) is 9.31. The molecule has 0 saturated carbocycles. The van der Waals surface area contributed by atoms with Gasteiger partial charge in [-0.3, -0.25) is 14.6 Å². The summed E-state index contributed by atoms with van der Waals surface area (Å²) in [6.07, 6.45) is 3.82. The first-order valence-electron chi connectivity index (χ1n) is 10.7. The van der Waals surface area contributed by atoms with Crippen LogP contribution in [0.25, 0.3) is 0 Å². The summed E-state index contributed by atoms with van der Waals surface area (Å²) < 4.78 is 0. The second kappa shape index (κ2) is 10.8. The summed E-state index contributed by atoms with van der Waals surface area (Å²) in [5.41, 5.74) is 2.43. The quantitative estimate of drug-likeness (QED) is 0.624. The molecule has 0 radical (unpaired) electrons. The van der Waals surface area contributed by atoms with Crippen LogP contribution in [-0.2, 0) is 6.54 Å². The summed E-state index contributed by atoms with van der Waals surface area (Å²) >= 11 is 0. The minimum atomic E-state index is -0.297. The fraction of sp³-hybridized carbons (Fsp3) is 0.435. The van der Waals surface area contributed by atoms with Gasteiger partial charge in [0.1, 0.15) is 5.69 Å². The van der Waals surface area contributed by atoms with Crippen molar-refractivity contribution in [2.45, 2.75) is 39.3 Å². The largest absolute Gasteiger partial charge is 0.352 e. The number of carbonyl (C=O) groups is 2. The average molecular weight is 410 g/mol. The van der Waals surface area contributed by atoms with E-state index in [1.807, 2.05) is 19.1 Å². The number of anilines is 1. The third-order valence-electron chi connectivity index (χ3n) is 5.38. The standard InChI is InChI=1S/C23H31N5O2/c1-3-24-22(29)18-13-17(16-26-19-8-11-28(4-2)12-9-19)14-20(15-18)27-23(30)21-7-5-6-10-25-21/h5-7,10,13-15,19,26H,3-4,8-9,11-12,16H2,1-2H3,(H,24,29)(H,27,30). The summed E-state index contributed by atoms with van der Waals surface area (Å²) in [5.74, 6) is -0.446. The van der Waals surface area contributed by atoms with E-state index in [1.165, 1.54) is 0 Å². The topological polar surface area (TPSA) is 86.4 Å². The predicted molar refractivity (Wildman–Crippen MR) is 119 cm³/mol. The lowest BCUT2D eigenvalue weighted by Gasteiger charge is -2.31. The van der Waals surface area contributed by atoms with E-state index in [4.69, 9.17) is 0 Å². The van der Waals surface area contributed by atoms with Crippen LogP contribution >= 0.6 is 0 Å². The minimum absolute atomic E-state index is 0.149. The molecule has 1 fully saturated rings. The minimum Gasteiger partial charge on any atom is -0.352 e. The van der Waals surface area contributed by atoms with Crippen molar-refractivity contribution in [3.63, 3.8) is 0 Å². The number of amides is 2. The molecule has 1 saturated heterocycles. The van der Waals surface area contributed by atoms with Crippen molar-refractivity contribution in [1.82, 2.24) is 20.5 Å². The molecular weight excluding hydrogens is 378 g/mol. The Morgan fingerprint density at radius 1 is 1.10 bits per heavy atom. The number of carbonyl (C=O) groups excluding carboxylic acids is 2. The number of pyridine rings is 1. The summed E-state index contributed by atoms with van der Waals surface area (Å²) in [7, 11) is 0. The van der Waals surface area contributed by atoms with Gasteiger partial charge in [-0.1, -0.05) is 13.0 Å². The Kier molecular flexibility index (Phi) is 7.93. The van der Waals surface area contributed by atoms with E-state index < -0.39 is 0 Å². The highest BCUT2D eigenvalue weighted by Gasteiger charge is 2.18. The molecule has 7 heteroatoms. The third-order valence-corrected chi connectivity index (χ3v) is 5.38. The average Bonchev–Trinajstić information content (AvgIpc) is 2.78. The molecule has 2 aromatic rings. The highest BCUT2D eigenvalue weighted by atomic mass is 16.2. The number of aromatic nitrogens is 1. The Hall–Kier alpha value is -2.77. The van der Waals surface area contributed by atoms with E-state index in [2.05, 4.69) is 32.8 Å². The summed E-state index contributed by atoms with van der Waals surface area (Å²) in [4.78, 5) is 31.5. The molecule has 2 amide bonds. The Balaban J connectivity index is 1.71. The van der Waals surface area contributed by atoms with Crippen molar-refractivity contribution in [3.05, 3.63) is 59.4 Å². The van der Waals surface area contributed by atoms with Crippen LogP contribution < -0.4 is 16.0 Å². The molecule has 1 aromatic carbocycles. The van der Waals surface area contributed by atoms with Crippen LogP contribution in [0.2, 0.25) is 0 Å². The van der Waals surface area contributed by atoms with Crippen molar-refractivity contribution in [3.8, 4) is 0 Å². The van der Waals surface area contributed by atoms with E-state index in [0.717, 1.165) is 38.0 Å². The van der Waals surface area contributed by atoms with Crippen molar-refractivity contribution in [2.75, 3.05) is 31.5 Å². The maximum atomic E-state index is 12.5. The monoisotopic (exact) mass is 409 g/mol. The molecule has 2 heterocycles. The first kappa shape index (κ1) is 21.9. The maximum Gasteiger partial charge on any atom is 0.274 e. The Morgan fingerprint density at radius 2 is 1.90 bits per heavy atom. The van der Waals surface area contributed by atoms with Crippen molar-refractivity contribution in [2.24, 2.45) is 0 Å². The highest BCUT2D eigenvalue weighted by molar-refractivity contribution is 6.04. The van der Waals surface area contributed by atoms with Gasteiger partial charge in [0.15, 0.2) is 0 Å². The lowest BCUT2D eigenvalue weighted by Crippen LogP contribution is -2.42. The number of likely N-dealkylation sites (tertiary alicyclic amines) is 1. The van der Waals surface area contributed by atoms with Gasteiger partial charge in [0.2, 0.25) is 0 Å². The number of nitrogens with one attached hydrogen (secondary N) is 3. The van der Waals surface area contributed by atoms with Gasteiger partial charge in [-0.15, -0.1) is 0 Å². The Labute approximate surface area is 178 Å². The number of rotatable bonds is 8. The van der Waals surface area contributed by atoms with Crippen LogP contribution in [0.5, 0.6) is 0 Å². The smallest absolute Gasteiger partial charge is 0.274 e. The summed E-state index contributed by atoms with van der Waals surface area (Å²) in [6.45, 7) is 8.60. The predicted octanol–water partition coefficient (Wildman–Crippen LogP) is 2.66. The maximum absolute atomic E-state index is 12.5. The molecule has 160 valence electrons. The number of hydrogen-bond donors (Lipinski definition) is 3. The molecule has 1 aliphatic heterocycles. The van der Waals surface area contributed by atoms with Crippen LogP contribution in [0.4, 0.5) is 5.69 Å². The van der Waals surface area contributed by atoms with Gasteiger partial charge in [-0.05, 0) is 75.3 Å². The fourth-order valence-electron chi connectivity index (χ4n) is 3.67. The molecule has 7 nitrogen and oxygen atoms in total. The zero-order valence-electron chi connectivity index (χ0n) is 17.8. The van der Waals surface area contributed by atoms with Crippen molar-refractivity contribution in [1.29, 1.82) is 0 Å². The first-order chi connectivity index (χ1) is 14.6. The van der Waals surface area contributed by atoms with Gasteiger partial charge in [-0.25, -0.2) is 0 Å². The van der Waals surface area contributed by atoms with E-state index in [1.54, 1.807) is 30.5 Å². The second-order valence-electron chi connectivity index (χ2n) is 7.54. The van der Waals surface area contributed by atoms with E-state index >= 15 is 0 Å². The first-order valence-corrected chi connectivity index (χ1v) is 10.7. The molecular formula is C23H31N5O2. The molecule has 0 spiro atoms. The van der Waals surface area contributed by atoms with Crippen LogP contribution in [0.3, 0.4) is 0 Å². The zero-order valence-corrected chi connectivity index (χ0v) is 17.8. The van der Waals surface area contributed by atoms with Crippen LogP contribution in [0.1, 0.15) is 53.1 Å². The van der Waals surface area contributed by atoms with E-state index in [0.29, 0.717) is 36.1 Å². The van der Waals surface area contributed by atoms with E-state index in [9.17, 15) is 9.59 Å². The second-order valence-corrected chi connectivity index (χ2v) is 7.54. The number of benzene rings is 1. The van der Waals surface area contributed by atoms with Gasteiger partial charge >= 0.3 is 0 Å². The molecule has 0 aliphatic carbocycles. The molecule has 0 bridgehead atoms. The SMILES string of the molecule is CCNC(=O)c1cc(CNC2CCN(CC)CC2)cc(NC(=O)c2ccccn2)c1. The third kappa shape index (κ3) is 6.11. The van der Waals surface area contributed by atoms with Gasteiger partial charge in [0.25, 0.3) is 11.8 Å². The zero-order chi connectivity index (χ0) is 21.3. The van der Waals surface area contributed by atoms with Crippen molar-refractivity contribution < 1.29 is 9.59 Å². The Morgan fingerprint density at radius 3 is 2.57 bits per heavy atom. The molecule has 1 aromatic heterocycles. The van der Waals surface area contributed by atoms with Gasteiger partial charge in [0, 0.05) is 36.6 Å². The van der Waals surface area contributed by atoms with Crippen molar-refractivity contribution >= 4 is 17.5 Å². The molecule has 30 heavy (non-hydrogen) atoms. The fourth-order valence-corrected chi connectivity index (χ4v) is 3.67. The highest BCUT2D eigenvalue weighted by Crippen LogP contribution is 2.18. The Bertz CT molecular complexity index is 848. The van der Waals surface area contributed by atoms with Crippen LogP contribution in [0, 0.1) is 0 Å². The lowest BCUT2D eigenvalue weighted by molar-refractivity contribution is 0.0954. The van der Waals surface area contributed by atoms with Gasteiger partial charge in [-0.2, -0.15) is 0 Å². The van der Waals surface area contributed by atoms with Crippen LogP contribution in [0.15, 0.2) is 42.6 Å². The number of piperidine rings is 1. The molecule has 3 rings (SSSR count). The number of nitrogens with zero attached hydrogens (tertiary/aromatic N) is 2. The normalized spacial score (nSPS) is 15.0. The number of hydrogen-bond acceptors (Lipinski definition) is 5. The van der Waals surface area contributed by atoms with Gasteiger partial charge in [0.05, 0.1) is 0 Å². The van der Waals surface area contributed by atoms with Crippen LogP contribution in [-0.4, -0.2) is 53.9 Å².